The maximum absolute atomic E-state index is 11.7. The van der Waals surface area contributed by atoms with Gasteiger partial charge in [-0.25, -0.2) is 0 Å². The Morgan fingerprint density at radius 3 is 2.64 bits per heavy atom. The zero-order valence-electron chi connectivity index (χ0n) is 13.4. The largest absolute Gasteiger partial charge is 0.496 e. The minimum atomic E-state index is -0.228. The van der Waals surface area contributed by atoms with Gasteiger partial charge in [0.15, 0.2) is 0 Å². The van der Waals surface area contributed by atoms with Crippen LogP contribution in [-0.4, -0.2) is 57.6 Å². The van der Waals surface area contributed by atoms with Gasteiger partial charge in [-0.15, -0.1) is 0 Å². The number of hydrogen-bond donors (Lipinski definition) is 1. The van der Waals surface area contributed by atoms with E-state index in [0.29, 0.717) is 0 Å². The second kappa shape index (κ2) is 6.26. The van der Waals surface area contributed by atoms with Gasteiger partial charge in [-0.3, -0.25) is 0 Å². The van der Waals surface area contributed by atoms with E-state index >= 15 is 0 Å². The molecule has 1 aromatic carbocycles. The van der Waals surface area contributed by atoms with Crippen LogP contribution in [0.25, 0.3) is 0 Å². The third-order valence-electron chi connectivity index (χ3n) is 5.02. The number of anilines is 1. The number of carbonyl (C=O) groups excluding carboxylic acids is 1. The molecule has 2 aliphatic rings. The highest BCUT2D eigenvalue weighted by molar-refractivity contribution is 5.74. The van der Waals surface area contributed by atoms with Crippen LogP contribution in [0.1, 0.15) is 23.5 Å². The van der Waals surface area contributed by atoms with Crippen LogP contribution in [-0.2, 0) is 11.2 Å². The summed E-state index contributed by atoms with van der Waals surface area (Å²) in [7, 11) is 3.83. The van der Waals surface area contributed by atoms with Crippen LogP contribution in [0.2, 0.25) is 0 Å². The maximum Gasteiger partial charge on any atom is 0.129 e. The molecule has 5 nitrogen and oxygen atoms in total. The van der Waals surface area contributed by atoms with E-state index in [-0.39, 0.29) is 12.0 Å². The Bertz CT molecular complexity index is 553. The number of fused-ring (bicyclic) bond motifs is 1. The number of rotatable bonds is 3. The van der Waals surface area contributed by atoms with Crippen molar-refractivity contribution in [3.05, 3.63) is 23.3 Å². The van der Waals surface area contributed by atoms with Crippen molar-refractivity contribution in [3.63, 3.8) is 0 Å². The first kappa shape index (κ1) is 15.3. The SMILES string of the molecule is COc1ccc(N2CCN(C)CC2)c2c1CCC(N)[C@@H]2C=O. The third kappa shape index (κ3) is 2.59. The summed E-state index contributed by atoms with van der Waals surface area (Å²) < 4.78 is 5.52. The Morgan fingerprint density at radius 1 is 1.27 bits per heavy atom. The van der Waals surface area contributed by atoms with Gasteiger partial charge >= 0.3 is 0 Å². The summed E-state index contributed by atoms with van der Waals surface area (Å²) in [6.07, 6.45) is 2.73. The summed E-state index contributed by atoms with van der Waals surface area (Å²) >= 11 is 0. The van der Waals surface area contributed by atoms with Crippen LogP contribution in [0, 0.1) is 0 Å². The molecule has 3 rings (SSSR count). The highest BCUT2D eigenvalue weighted by Crippen LogP contribution is 2.41. The summed E-state index contributed by atoms with van der Waals surface area (Å²) in [6.45, 7) is 4.05. The van der Waals surface area contributed by atoms with E-state index in [1.165, 1.54) is 0 Å². The summed E-state index contributed by atoms with van der Waals surface area (Å²) in [5.41, 5.74) is 9.64. The molecule has 0 saturated carbocycles. The Balaban J connectivity index is 2.05. The quantitative estimate of drug-likeness (QED) is 0.844. The van der Waals surface area contributed by atoms with Crippen molar-refractivity contribution in [3.8, 4) is 5.75 Å². The monoisotopic (exact) mass is 303 g/mol. The third-order valence-corrected chi connectivity index (χ3v) is 5.02. The Morgan fingerprint density at radius 2 is 2.00 bits per heavy atom. The van der Waals surface area contributed by atoms with E-state index in [9.17, 15) is 4.79 Å². The van der Waals surface area contributed by atoms with E-state index in [2.05, 4.69) is 22.9 Å². The molecular formula is C17H25N3O2. The zero-order chi connectivity index (χ0) is 15.7. The minimum Gasteiger partial charge on any atom is -0.496 e. The van der Waals surface area contributed by atoms with Crippen LogP contribution in [0.15, 0.2) is 12.1 Å². The molecule has 2 N–H and O–H groups in total. The van der Waals surface area contributed by atoms with Gasteiger partial charge in [0.05, 0.1) is 13.0 Å². The molecule has 2 atom stereocenters. The number of carbonyl (C=O) groups is 1. The van der Waals surface area contributed by atoms with Crippen molar-refractivity contribution in [1.29, 1.82) is 0 Å². The highest BCUT2D eigenvalue weighted by atomic mass is 16.5. The molecule has 1 fully saturated rings. The van der Waals surface area contributed by atoms with Crippen LogP contribution in [0.4, 0.5) is 5.69 Å². The van der Waals surface area contributed by atoms with Gasteiger partial charge in [-0.05, 0) is 37.6 Å². The Kier molecular flexibility index (Phi) is 4.36. The fraction of sp³-hybridized carbons (Fsp3) is 0.588. The molecule has 0 radical (unpaired) electrons. The maximum atomic E-state index is 11.7. The van der Waals surface area contributed by atoms with Crippen molar-refractivity contribution < 1.29 is 9.53 Å². The van der Waals surface area contributed by atoms with Crippen molar-refractivity contribution in [2.24, 2.45) is 5.73 Å². The van der Waals surface area contributed by atoms with E-state index in [1.54, 1.807) is 7.11 Å². The van der Waals surface area contributed by atoms with Gasteiger partial charge in [0.25, 0.3) is 0 Å². The normalized spacial score (nSPS) is 25.7. The van der Waals surface area contributed by atoms with Crippen molar-refractivity contribution in [2.45, 2.75) is 24.8 Å². The number of ether oxygens (including phenoxy) is 1. The predicted octanol–water partition coefficient (Wildman–Crippen LogP) is 1.00. The molecule has 22 heavy (non-hydrogen) atoms. The van der Waals surface area contributed by atoms with Crippen molar-refractivity contribution >= 4 is 12.0 Å². The number of aldehydes is 1. The van der Waals surface area contributed by atoms with Gasteiger partial charge in [0.1, 0.15) is 12.0 Å². The first-order valence-corrected chi connectivity index (χ1v) is 7.99. The number of piperazine rings is 1. The average Bonchev–Trinajstić information content (AvgIpc) is 2.54. The first-order valence-electron chi connectivity index (χ1n) is 7.99. The number of hydrogen-bond acceptors (Lipinski definition) is 5. The number of likely N-dealkylation sites (N-methyl/N-ethyl adjacent to an activating group) is 1. The summed E-state index contributed by atoms with van der Waals surface area (Å²) in [4.78, 5) is 16.4. The van der Waals surface area contributed by atoms with Crippen LogP contribution >= 0.6 is 0 Å². The number of nitrogens with zero attached hydrogens (tertiary/aromatic N) is 2. The minimum absolute atomic E-state index is 0.0941. The van der Waals surface area contributed by atoms with Crippen LogP contribution < -0.4 is 15.4 Å². The summed E-state index contributed by atoms with van der Waals surface area (Å²) in [5, 5.41) is 0. The highest BCUT2D eigenvalue weighted by Gasteiger charge is 2.33. The van der Waals surface area contributed by atoms with Gasteiger partial charge in [0.2, 0.25) is 0 Å². The number of methoxy groups -OCH3 is 1. The van der Waals surface area contributed by atoms with Gasteiger partial charge in [-0.1, -0.05) is 0 Å². The zero-order valence-corrected chi connectivity index (χ0v) is 13.4. The molecule has 0 spiro atoms. The van der Waals surface area contributed by atoms with Gasteiger partial charge in [0, 0.05) is 43.5 Å². The first-order chi connectivity index (χ1) is 10.7. The van der Waals surface area contributed by atoms with Gasteiger partial charge < -0.3 is 25.1 Å². The van der Waals surface area contributed by atoms with E-state index in [0.717, 1.165) is 67.9 Å². The average molecular weight is 303 g/mol. The standard InChI is InChI=1S/C17H25N3O2/c1-19-7-9-20(10-8-19)15-5-6-16(22-2)12-3-4-14(18)13(11-21)17(12)15/h5-6,11,13-14H,3-4,7-10,18H2,1-2H3/t13-,14?/m0/s1. The fourth-order valence-corrected chi connectivity index (χ4v) is 3.65. The molecule has 120 valence electrons. The van der Waals surface area contributed by atoms with E-state index < -0.39 is 0 Å². The smallest absolute Gasteiger partial charge is 0.129 e. The molecule has 1 unspecified atom stereocenters. The summed E-state index contributed by atoms with van der Waals surface area (Å²) in [6, 6.07) is 4.03. The van der Waals surface area contributed by atoms with Crippen molar-refractivity contribution in [1.82, 2.24) is 4.90 Å². The molecule has 0 aromatic heterocycles. The van der Waals surface area contributed by atoms with E-state index in [4.69, 9.17) is 10.5 Å². The second-order valence-electron chi connectivity index (χ2n) is 6.33. The Labute approximate surface area is 132 Å². The lowest BCUT2D eigenvalue weighted by atomic mass is 9.78. The van der Waals surface area contributed by atoms with Crippen molar-refractivity contribution in [2.75, 3.05) is 45.2 Å². The lowest BCUT2D eigenvalue weighted by molar-refractivity contribution is -0.109. The fourth-order valence-electron chi connectivity index (χ4n) is 3.65. The second-order valence-corrected chi connectivity index (χ2v) is 6.33. The molecular weight excluding hydrogens is 278 g/mol. The molecule has 0 amide bonds. The number of nitrogens with two attached hydrogens (primary N) is 1. The molecule has 1 aliphatic heterocycles. The molecule has 1 aliphatic carbocycles. The number of benzene rings is 1. The van der Waals surface area contributed by atoms with Gasteiger partial charge in [-0.2, -0.15) is 0 Å². The topological polar surface area (TPSA) is 58.8 Å². The molecule has 0 bridgehead atoms. The molecule has 1 aromatic rings. The Hall–Kier alpha value is -1.59. The summed E-state index contributed by atoms with van der Waals surface area (Å²) in [5.74, 6) is 0.653. The lowest BCUT2D eigenvalue weighted by Gasteiger charge is -2.38. The molecule has 1 saturated heterocycles. The van der Waals surface area contributed by atoms with Crippen LogP contribution in [0.3, 0.4) is 0 Å². The molecule has 1 heterocycles. The predicted molar refractivity (Wildman–Crippen MR) is 87.8 cm³/mol. The van der Waals surface area contributed by atoms with Crippen LogP contribution in [0.5, 0.6) is 5.75 Å². The molecule has 5 heteroatoms. The lowest BCUT2D eigenvalue weighted by Crippen LogP contribution is -2.45. The van der Waals surface area contributed by atoms with E-state index in [1.807, 2.05) is 6.07 Å².